The molecule has 0 saturated carbocycles. The second kappa shape index (κ2) is 4.30. The summed E-state index contributed by atoms with van der Waals surface area (Å²) in [6.45, 7) is 1.83. The van der Waals surface area contributed by atoms with Crippen molar-refractivity contribution in [2.75, 3.05) is 12.0 Å². The molecule has 4 heteroatoms. The van der Waals surface area contributed by atoms with Gasteiger partial charge in [0.15, 0.2) is 0 Å². The van der Waals surface area contributed by atoms with E-state index in [1.807, 2.05) is 13.2 Å². The number of nitrogens with zero attached hydrogens (tertiary/aromatic N) is 1. The highest BCUT2D eigenvalue weighted by atomic mass is 32.2. The third-order valence-corrected chi connectivity index (χ3v) is 2.07. The van der Waals surface area contributed by atoms with Crippen molar-refractivity contribution < 1.29 is 0 Å². The Morgan fingerprint density at radius 3 is 3.00 bits per heavy atom. The summed E-state index contributed by atoms with van der Waals surface area (Å²) in [5, 5.41) is 0. The first-order valence-corrected chi connectivity index (χ1v) is 5.17. The predicted molar refractivity (Wildman–Crippen MR) is 51.7 cm³/mol. The first-order chi connectivity index (χ1) is 5.72. The minimum atomic E-state index is -0.0568. The van der Waals surface area contributed by atoms with Crippen molar-refractivity contribution in [3.63, 3.8) is 0 Å². The van der Waals surface area contributed by atoms with Gasteiger partial charge >= 0.3 is 0 Å². The van der Waals surface area contributed by atoms with E-state index in [4.69, 9.17) is 0 Å². The fourth-order valence-corrected chi connectivity index (χ4v) is 1.36. The maximum absolute atomic E-state index is 11.0. The Kier molecular flexibility index (Phi) is 3.34. The van der Waals surface area contributed by atoms with Gasteiger partial charge < -0.3 is 4.98 Å². The Bertz CT molecular complexity index is 308. The van der Waals surface area contributed by atoms with Crippen LogP contribution in [-0.4, -0.2) is 22.0 Å². The van der Waals surface area contributed by atoms with E-state index < -0.39 is 0 Å². The topological polar surface area (TPSA) is 45.8 Å². The van der Waals surface area contributed by atoms with Gasteiger partial charge in [0.05, 0.1) is 0 Å². The zero-order chi connectivity index (χ0) is 8.97. The van der Waals surface area contributed by atoms with Crippen LogP contribution in [0.1, 0.15) is 11.5 Å². The van der Waals surface area contributed by atoms with Crippen LogP contribution in [0, 0.1) is 6.92 Å². The molecular weight excluding hydrogens is 172 g/mol. The van der Waals surface area contributed by atoms with E-state index >= 15 is 0 Å². The summed E-state index contributed by atoms with van der Waals surface area (Å²) in [5.41, 5.74) is 0.730. The molecule has 66 valence electrons. The van der Waals surface area contributed by atoms with E-state index in [1.54, 1.807) is 11.8 Å². The quantitative estimate of drug-likeness (QED) is 0.761. The average Bonchev–Trinajstić information content (AvgIpc) is 1.99. The number of hydrogen-bond donors (Lipinski definition) is 1. The molecule has 0 spiro atoms. The summed E-state index contributed by atoms with van der Waals surface area (Å²) in [7, 11) is 0. The molecule has 3 nitrogen and oxygen atoms in total. The molecule has 0 aromatic carbocycles. The zero-order valence-electron chi connectivity index (χ0n) is 7.26. The number of aromatic nitrogens is 2. The highest BCUT2D eigenvalue weighted by molar-refractivity contribution is 7.98. The Morgan fingerprint density at radius 2 is 2.42 bits per heavy atom. The van der Waals surface area contributed by atoms with Gasteiger partial charge in [0.25, 0.3) is 5.56 Å². The zero-order valence-corrected chi connectivity index (χ0v) is 8.07. The smallest absolute Gasteiger partial charge is 0.251 e. The van der Waals surface area contributed by atoms with Crippen LogP contribution < -0.4 is 5.56 Å². The van der Waals surface area contributed by atoms with E-state index in [0.717, 1.165) is 23.7 Å². The lowest BCUT2D eigenvalue weighted by Crippen LogP contribution is -2.11. The van der Waals surface area contributed by atoms with Crippen LogP contribution in [0.5, 0.6) is 0 Å². The average molecular weight is 184 g/mol. The van der Waals surface area contributed by atoms with Gasteiger partial charge in [-0.25, -0.2) is 4.98 Å². The van der Waals surface area contributed by atoms with Gasteiger partial charge in [-0.15, -0.1) is 0 Å². The molecule has 1 N–H and O–H groups in total. The summed E-state index contributed by atoms with van der Waals surface area (Å²) < 4.78 is 0. The lowest BCUT2D eigenvalue weighted by Gasteiger charge is -1.98. The molecule has 12 heavy (non-hydrogen) atoms. The second-order valence-corrected chi connectivity index (χ2v) is 3.56. The maximum Gasteiger partial charge on any atom is 0.251 e. The van der Waals surface area contributed by atoms with Gasteiger partial charge in [-0.2, -0.15) is 11.8 Å². The van der Waals surface area contributed by atoms with Crippen LogP contribution in [0.4, 0.5) is 0 Å². The second-order valence-electron chi connectivity index (χ2n) is 2.58. The molecule has 1 aromatic rings. The van der Waals surface area contributed by atoms with Crippen molar-refractivity contribution in [1.82, 2.24) is 9.97 Å². The fourth-order valence-electron chi connectivity index (χ4n) is 0.958. The molecule has 0 aliphatic carbocycles. The van der Waals surface area contributed by atoms with Crippen LogP contribution in [-0.2, 0) is 6.42 Å². The van der Waals surface area contributed by atoms with Gasteiger partial charge in [-0.1, -0.05) is 0 Å². The van der Waals surface area contributed by atoms with Crippen molar-refractivity contribution in [3.8, 4) is 0 Å². The van der Waals surface area contributed by atoms with Gasteiger partial charge in [0.1, 0.15) is 5.82 Å². The Labute approximate surface area is 75.6 Å². The first kappa shape index (κ1) is 9.32. The Hall–Kier alpha value is -0.770. The molecule has 0 aliphatic rings. The van der Waals surface area contributed by atoms with E-state index in [2.05, 4.69) is 9.97 Å². The van der Waals surface area contributed by atoms with Crippen LogP contribution in [0.3, 0.4) is 0 Å². The largest absolute Gasteiger partial charge is 0.311 e. The van der Waals surface area contributed by atoms with Crippen LogP contribution in [0.15, 0.2) is 10.9 Å². The van der Waals surface area contributed by atoms with Crippen molar-refractivity contribution in [1.29, 1.82) is 0 Å². The normalized spacial score (nSPS) is 10.2. The highest BCUT2D eigenvalue weighted by Gasteiger charge is 1.96. The fraction of sp³-hybridized carbons (Fsp3) is 0.500. The van der Waals surface area contributed by atoms with Crippen molar-refractivity contribution in [2.45, 2.75) is 13.3 Å². The molecule has 1 rings (SSSR count). The summed E-state index contributed by atoms with van der Waals surface area (Å²) in [5.74, 6) is 1.78. The van der Waals surface area contributed by atoms with Gasteiger partial charge in [-0.05, 0) is 13.2 Å². The molecule has 0 unspecified atom stereocenters. The lowest BCUT2D eigenvalue weighted by atomic mass is 10.4. The molecule has 0 amide bonds. The molecule has 0 aliphatic heterocycles. The standard InChI is InChI=1S/C8H12N2OS/c1-6-5-8(11)10-7(9-6)3-4-12-2/h5H,3-4H2,1-2H3,(H,9,10,11). The number of thioether (sulfide) groups is 1. The van der Waals surface area contributed by atoms with E-state index in [0.29, 0.717) is 0 Å². The molecule has 1 heterocycles. The monoisotopic (exact) mass is 184 g/mol. The van der Waals surface area contributed by atoms with Gasteiger partial charge in [0.2, 0.25) is 0 Å². The van der Waals surface area contributed by atoms with Crippen molar-refractivity contribution in [3.05, 3.63) is 27.9 Å². The number of aromatic amines is 1. The lowest BCUT2D eigenvalue weighted by molar-refractivity contribution is 0.905. The molecule has 0 fully saturated rings. The first-order valence-electron chi connectivity index (χ1n) is 3.78. The highest BCUT2D eigenvalue weighted by Crippen LogP contribution is 1.97. The van der Waals surface area contributed by atoms with Gasteiger partial charge in [0, 0.05) is 23.9 Å². The SMILES string of the molecule is CSCCc1nc(C)cc(=O)[nH]1. The van der Waals surface area contributed by atoms with Gasteiger partial charge in [-0.3, -0.25) is 4.79 Å². The minimum Gasteiger partial charge on any atom is -0.311 e. The minimum absolute atomic E-state index is 0.0568. The molecule has 0 atom stereocenters. The molecule has 0 radical (unpaired) electrons. The maximum atomic E-state index is 11.0. The third-order valence-electron chi connectivity index (χ3n) is 1.46. The summed E-state index contributed by atoms with van der Waals surface area (Å²) in [6.07, 6.45) is 2.87. The number of H-pyrrole nitrogens is 1. The molecular formula is C8H12N2OS. The number of hydrogen-bond acceptors (Lipinski definition) is 3. The van der Waals surface area contributed by atoms with E-state index in [9.17, 15) is 4.79 Å². The predicted octanol–water partition coefficient (Wildman–Crippen LogP) is 0.984. The van der Waals surface area contributed by atoms with Crippen LogP contribution in [0.2, 0.25) is 0 Å². The number of nitrogens with one attached hydrogen (secondary N) is 1. The summed E-state index contributed by atoms with van der Waals surface area (Å²) in [4.78, 5) is 17.9. The molecule has 0 saturated heterocycles. The Balaban J connectivity index is 2.79. The molecule has 1 aromatic heterocycles. The third kappa shape index (κ3) is 2.70. The summed E-state index contributed by atoms with van der Waals surface area (Å²) in [6, 6.07) is 1.50. The summed E-state index contributed by atoms with van der Waals surface area (Å²) >= 11 is 1.75. The van der Waals surface area contributed by atoms with E-state index in [-0.39, 0.29) is 5.56 Å². The van der Waals surface area contributed by atoms with Crippen LogP contribution >= 0.6 is 11.8 Å². The number of aryl methyl sites for hydroxylation is 2. The van der Waals surface area contributed by atoms with Crippen LogP contribution in [0.25, 0.3) is 0 Å². The Morgan fingerprint density at radius 1 is 1.67 bits per heavy atom. The number of rotatable bonds is 3. The molecule has 0 bridgehead atoms. The van der Waals surface area contributed by atoms with E-state index in [1.165, 1.54) is 6.07 Å². The van der Waals surface area contributed by atoms with Crippen molar-refractivity contribution >= 4 is 11.8 Å². The van der Waals surface area contributed by atoms with Crippen molar-refractivity contribution in [2.24, 2.45) is 0 Å².